The molecule has 0 aliphatic heterocycles. The molecule has 2 aromatic heterocycles. The number of benzene rings is 2. The summed E-state index contributed by atoms with van der Waals surface area (Å²) in [5.41, 5.74) is 10.2. The number of aromatic nitrogens is 3. The van der Waals surface area contributed by atoms with Gasteiger partial charge in [0.25, 0.3) is 5.88 Å². The van der Waals surface area contributed by atoms with E-state index < -0.39 is 11.6 Å². The molecule has 8 heteroatoms. The van der Waals surface area contributed by atoms with Crippen LogP contribution in [0.15, 0.2) is 60.9 Å². The molecule has 40 heavy (non-hydrogen) atoms. The third-order valence-electron chi connectivity index (χ3n) is 9.43. The van der Waals surface area contributed by atoms with Crippen molar-refractivity contribution >= 4 is 17.4 Å². The van der Waals surface area contributed by atoms with Crippen LogP contribution in [-0.4, -0.2) is 15.0 Å². The minimum absolute atomic E-state index is 0.0409. The van der Waals surface area contributed by atoms with E-state index >= 15 is 0 Å². The number of hydrogen-bond acceptors (Lipinski definition) is 4. The molecule has 206 valence electrons. The summed E-state index contributed by atoms with van der Waals surface area (Å²) in [7, 11) is 0. The zero-order valence-corrected chi connectivity index (χ0v) is 22.8. The highest BCUT2D eigenvalue weighted by atomic mass is 35.5. The maximum Gasteiger partial charge on any atom is 0.258 e. The lowest BCUT2D eigenvalue weighted by Gasteiger charge is -2.59. The van der Waals surface area contributed by atoms with E-state index in [0.717, 1.165) is 35.4 Å². The summed E-state index contributed by atoms with van der Waals surface area (Å²) in [5.74, 6) is 1.63. The summed E-state index contributed by atoms with van der Waals surface area (Å²) in [5, 5.41) is -0.325. The van der Waals surface area contributed by atoms with Gasteiger partial charge < -0.3 is 15.5 Å². The topological polar surface area (TPSA) is 76.8 Å². The summed E-state index contributed by atoms with van der Waals surface area (Å²) < 4.78 is 33.7. The number of H-pyrrole nitrogens is 1. The predicted molar refractivity (Wildman–Crippen MR) is 151 cm³/mol. The molecule has 0 spiro atoms. The van der Waals surface area contributed by atoms with Gasteiger partial charge in [0.2, 0.25) is 0 Å². The van der Waals surface area contributed by atoms with Gasteiger partial charge >= 0.3 is 0 Å². The second kappa shape index (κ2) is 9.88. The molecule has 4 bridgehead atoms. The Bertz CT molecular complexity index is 1500. The monoisotopic (exact) mass is 560 g/mol. The Kier molecular flexibility index (Phi) is 6.30. The Hall–Kier alpha value is -3.45. The number of aromatic amines is 1. The third kappa shape index (κ3) is 4.44. The molecule has 5 nitrogen and oxygen atoms in total. The lowest BCUT2D eigenvalue weighted by molar-refractivity contribution is -0.0624. The van der Waals surface area contributed by atoms with Crippen LogP contribution in [-0.2, 0) is 6.61 Å². The van der Waals surface area contributed by atoms with Crippen LogP contribution in [0, 0.1) is 34.8 Å². The number of rotatable bonds is 7. The molecule has 2 aromatic carbocycles. The molecule has 1 atom stereocenters. The maximum atomic E-state index is 14.2. The average Bonchev–Trinajstić information content (AvgIpc) is 3.46. The Balaban J connectivity index is 1.17. The Morgan fingerprint density at radius 2 is 1.65 bits per heavy atom. The molecule has 0 amide bonds. The number of nitrogen functional groups attached to an aromatic ring is 1. The highest BCUT2D eigenvalue weighted by Gasteiger charge is 2.54. The van der Waals surface area contributed by atoms with E-state index in [1.54, 1.807) is 6.20 Å². The predicted octanol–water partition coefficient (Wildman–Crippen LogP) is 7.91. The van der Waals surface area contributed by atoms with Gasteiger partial charge in [0.15, 0.2) is 5.82 Å². The van der Waals surface area contributed by atoms with Crippen molar-refractivity contribution in [3.8, 4) is 17.1 Å². The molecule has 4 aliphatic carbocycles. The molecule has 0 radical (unpaired) electrons. The van der Waals surface area contributed by atoms with Crippen LogP contribution in [0.2, 0.25) is 5.02 Å². The van der Waals surface area contributed by atoms with Crippen LogP contribution in [0.3, 0.4) is 0 Å². The van der Waals surface area contributed by atoms with Crippen molar-refractivity contribution in [1.82, 2.24) is 15.0 Å². The Labute approximate surface area is 237 Å². The van der Waals surface area contributed by atoms with Gasteiger partial charge in [-0.3, -0.25) is 0 Å². The number of anilines is 1. The van der Waals surface area contributed by atoms with Crippen LogP contribution in [0.1, 0.15) is 61.3 Å². The first kappa shape index (κ1) is 25.5. The van der Waals surface area contributed by atoms with Crippen LogP contribution in [0.5, 0.6) is 5.88 Å². The lowest BCUT2D eigenvalue weighted by atomic mass is 9.45. The van der Waals surface area contributed by atoms with E-state index in [9.17, 15) is 8.78 Å². The standard InChI is InChI=1S/C32H31ClF2N4O/c33-29-23(24(34)7-8-25(29)35)17-40-31-30(36)38-16-27(39-31)21-3-5-22(6-4-21)28(26-2-1-9-37-26)32-13-18-10-19(14-32)12-20(11-18)15-32/h1-9,16,18-20,28,37H,10-15,17H2,(H2,36,38). The largest absolute Gasteiger partial charge is 0.470 e. The number of hydrogen-bond donors (Lipinski definition) is 2. The molecular formula is C32H31ClF2N4O. The summed E-state index contributed by atoms with van der Waals surface area (Å²) in [6.45, 7) is -0.327. The first-order valence-corrected chi connectivity index (χ1v) is 14.4. The second-order valence-corrected chi connectivity index (χ2v) is 12.4. The fourth-order valence-electron chi connectivity index (χ4n) is 8.23. The van der Waals surface area contributed by atoms with E-state index in [-0.39, 0.29) is 28.9 Å². The minimum atomic E-state index is -0.722. The van der Waals surface area contributed by atoms with E-state index in [0.29, 0.717) is 17.0 Å². The smallest absolute Gasteiger partial charge is 0.258 e. The van der Waals surface area contributed by atoms with Crippen molar-refractivity contribution in [3.63, 3.8) is 0 Å². The summed E-state index contributed by atoms with van der Waals surface area (Å²) in [6.07, 6.45) is 11.8. The van der Waals surface area contributed by atoms with Crippen molar-refractivity contribution in [2.45, 2.75) is 51.0 Å². The number of halogens is 3. The molecule has 4 aromatic rings. The van der Waals surface area contributed by atoms with Gasteiger partial charge in [-0.25, -0.2) is 18.7 Å². The molecule has 8 rings (SSSR count). The van der Waals surface area contributed by atoms with Crippen LogP contribution in [0.4, 0.5) is 14.6 Å². The molecule has 0 saturated heterocycles. The van der Waals surface area contributed by atoms with E-state index in [1.165, 1.54) is 49.8 Å². The number of nitrogens with two attached hydrogens (primary N) is 1. The van der Waals surface area contributed by atoms with E-state index in [4.69, 9.17) is 22.1 Å². The SMILES string of the molecule is Nc1ncc(-c2ccc(C(c3ccc[nH]3)C34CC5CC(CC(C5)C3)C4)cc2)nc1OCc1c(F)ccc(F)c1Cl. The van der Waals surface area contributed by atoms with E-state index in [2.05, 4.69) is 51.4 Å². The third-order valence-corrected chi connectivity index (χ3v) is 9.84. The van der Waals surface area contributed by atoms with Gasteiger partial charge in [-0.15, -0.1) is 0 Å². The molecular weight excluding hydrogens is 530 g/mol. The van der Waals surface area contributed by atoms with E-state index in [1.807, 2.05) is 6.20 Å². The Morgan fingerprint density at radius 3 is 2.30 bits per heavy atom. The first-order chi connectivity index (χ1) is 19.4. The zero-order chi connectivity index (χ0) is 27.4. The highest BCUT2D eigenvalue weighted by molar-refractivity contribution is 6.31. The van der Waals surface area contributed by atoms with Crippen molar-refractivity contribution in [2.24, 2.45) is 23.2 Å². The van der Waals surface area contributed by atoms with Crippen LogP contribution in [0.25, 0.3) is 11.3 Å². The van der Waals surface area contributed by atoms with Crippen molar-refractivity contribution in [1.29, 1.82) is 0 Å². The van der Waals surface area contributed by atoms with Gasteiger partial charge in [0.05, 0.1) is 16.9 Å². The number of ether oxygens (including phenoxy) is 1. The van der Waals surface area contributed by atoms with Crippen molar-refractivity contribution in [3.05, 3.63) is 94.4 Å². The zero-order valence-electron chi connectivity index (χ0n) is 22.0. The molecule has 3 N–H and O–H groups in total. The van der Waals surface area contributed by atoms with Crippen molar-refractivity contribution < 1.29 is 13.5 Å². The van der Waals surface area contributed by atoms with Crippen LogP contribution < -0.4 is 10.5 Å². The first-order valence-electron chi connectivity index (χ1n) is 14.0. The van der Waals surface area contributed by atoms with Gasteiger partial charge in [-0.05, 0) is 91.5 Å². The summed E-state index contributed by atoms with van der Waals surface area (Å²) >= 11 is 5.94. The molecule has 1 unspecified atom stereocenters. The van der Waals surface area contributed by atoms with Crippen LogP contribution >= 0.6 is 11.6 Å². The molecule has 2 heterocycles. The average molecular weight is 561 g/mol. The number of nitrogens with one attached hydrogen (secondary N) is 1. The Morgan fingerprint density at radius 1 is 0.975 bits per heavy atom. The molecule has 4 aliphatic rings. The van der Waals surface area contributed by atoms with Crippen molar-refractivity contribution in [2.75, 3.05) is 5.73 Å². The fourth-order valence-corrected chi connectivity index (χ4v) is 8.44. The fraction of sp³-hybridized carbons (Fsp3) is 0.375. The quantitative estimate of drug-likeness (QED) is 0.225. The normalized spacial score (nSPS) is 25.7. The lowest BCUT2D eigenvalue weighted by Crippen LogP contribution is -2.49. The van der Waals surface area contributed by atoms with Gasteiger partial charge in [0.1, 0.15) is 18.2 Å². The van der Waals surface area contributed by atoms with Gasteiger partial charge in [-0.2, -0.15) is 0 Å². The summed E-state index contributed by atoms with van der Waals surface area (Å²) in [4.78, 5) is 12.3. The van der Waals surface area contributed by atoms with Gasteiger partial charge in [-0.1, -0.05) is 35.9 Å². The van der Waals surface area contributed by atoms with Gasteiger partial charge in [0, 0.05) is 28.9 Å². The highest BCUT2D eigenvalue weighted by Crippen LogP contribution is 2.65. The minimum Gasteiger partial charge on any atom is -0.470 e. The number of nitrogens with zero attached hydrogens (tertiary/aromatic N) is 2. The summed E-state index contributed by atoms with van der Waals surface area (Å²) in [6, 6.07) is 14.9. The molecule has 4 saturated carbocycles. The maximum absolute atomic E-state index is 14.2. The second-order valence-electron chi connectivity index (χ2n) is 12.0. The molecule has 4 fully saturated rings.